The SMILES string of the molecule is COCCNC(=O)Nc1ccc2sc3nc4ccccc4nc3c2c1. The summed E-state index contributed by atoms with van der Waals surface area (Å²) in [6.07, 6.45) is 0. The molecule has 0 fully saturated rings. The van der Waals surface area contributed by atoms with Crippen LogP contribution in [0, 0.1) is 0 Å². The highest BCUT2D eigenvalue weighted by Crippen LogP contribution is 2.34. The third kappa shape index (κ3) is 3.11. The van der Waals surface area contributed by atoms with Gasteiger partial charge in [0.25, 0.3) is 0 Å². The van der Waals surface area contributed by atoms with Crippen molar-refractivity contribution in [2.45, 2.75) is 0 Å². The number of nitrogens with one attached hydrogen (secondary N) is 2. The predicted molar refractivity (Wildman–Crippen MR) is 101 cm³/mol. The lowest BCUT2D eigenvalue weighted by Gasteiger charge is -2.07. The number of benzene rings is 2. The molecule has 0 saturated heterocycles. The Morgan fingerprint density at radius 2 is 1.96 bits per heavy atom. The zero-order chi connectivity index (χ0) is 17.2. The van der Waals surface area contributed by atoms with Crippen LogP contribution in [0.5, 0.6) is 0 Å². The standard InChI is InChI=1S/C18H16N4O2S/c1-24-9-8-19-18(23)20-11-6-7-15-12(10-11)16-17(25-15)22-14-5-3-2-4-13(14)21-16/h2-7,10H,8-9H2,1H3,(H2,19,20,23). The molecule has 2 aromatic carbocycles. The predicted octanol–water partition coefficient (Wildman–Crippen LogP) is 3.77. The molecule has 0 radical (unpaired) electrons. The third-order valence-corrected chi connectivity index (χ3v) is 4.88. The van der Waals surface area contributed by atoms with Crippen molar-refractivity contribution in [2.24, 2.45) is 0 Å². The molecule has 2 aromatic heterocycles. The van der Waals surface area contributed by atoms with E-state index >= 15 is 0 Å². The summed E-state index contributed by atoms with van der Waals surface area (Å²) in [6.45, 7) is 0.938. The molecule has 0 spiro atoms. The number of hydrogen-bond donors (Lipinski definition) is 2. The molecular formula is C18H16N4O2S. The largest absolute Gasteiger partial charge is 0.383 e. The Morgan fingerprint density at radius 3 is 2.76 bits per heavy atom. The molecular weight excluding hydrogens is 336 g/mol. The number of para-hydroxylation sites is 2. The van der Waals surface area contributed by atoms with Crippen LogP contribution in [-0.4, -0.2) is 36.3 Å². The van der Waals surface area contributed by atoms with E-state index in [-0.39, 0.29) is 6.03 Å². The normalized spacial score (nSPS) is 11.2. The first-order valence-electron chi connectivity index (χ1n) is 7.87. The van der Waals surface area contributed by atoms with Crippen molar-refractivity contribution in [3.63, 3.8) is 0 Å². The summed E-state index contributed by atoms with van der Waals surface area (Å²) in [7, 11) is 1.60. The Labute approximate surface area is 147 Å². The van der Waals surface area contributed by atoms with Crippen LogP contribution >= 0.6 is 11.3 Å². The van der Waals surface area contributed by atoms with E-state index in [9.17, 15) is 4.79 Å². The summed E-state index contributed by atoms with van der Waals surface area (Å²) < 4.78 is 6.01. The van der Waals surface area contributed by atoms with E-state index in [0.717, 1.165) is 37.2 Å². The number of amides is 2. The highest BCUT2D eigenvalue weighted by molar-refractivity contribution is 7.25. The average Bonchev–Trinajstić information content (AvgIpc) is 2.97. The molecule has 0 aliphatic carbocycles. The fourth-order valence-electron chi connectivity index (χ4n) is 2.66. The second-order valence-corrected chi connectivity index (χ2v) is 6.58. The molecule has 2 amide bonds. The van der Waals surface area contributed by atoms with Gasteiger partial charge in [0.1, 0.15) is 10.3 Å². The van der Waals surface area contributed by atoms with Crippen LogP contribution in [-0.2, 0) is 4.74 Å². The molecule has 0 aliphatic heterocycles. The number of anilines is 1. The molecule has 7 heteroatoms. The Bertz CT molecular complexity index is 1080. The first-order chi connectivity index (χ1) is 12.2. The lowest BCUT2D eigenvalue weighted by molar-refractivity contribution is 0.198. The van der Waals surface area contributed by atoms with Crippen molar-refractivity contribution in [1.29, 1.82) is 0 Å². The van der Waals surface area contributed by atoms with Gasteiger partial charge in [-0.3, -0.25) is 0 Å². The quantitative estimate of drug-likeness (QED) is 0.548. The summed E-state index contributed by atoms with van der Waals surface area (Å²) in [5, 5.41) is 6.56. The number of urea groups is 1. The number of rotatable bonds is 4. The minimum Gasteiger partial charge on any atom is -0.383 e. The fraction of sp³-hybridized carbons (Fsp3) is 0.167. The van der Waals surface area contributed by atoms with Crippen molar-refractivity contribution in [3.8, 4) is 0 Å². The van der Waals surface area contributed by atoms with Gasteiger partial charge in [0, 0.05) is 29.4 Å². The number of aromatic nitrogens is 2. The molecule has 126 valence electrons. The number of fused-ring (bicyclic) bond motifs is 4. The van der Waals surface area contributed by atoms with Crippen LogP contribution in [0.3, 0.4) is 0 Å². The topological polar surface area (TPSA) is 76.1 Å². The Morgan fingerprint density at radius 1 is 1.16 bits per heavy atom. The fourth-order valence-corrected chi connectivity index (χ4v) is 3.66. The number of carbonyl (C=O) groups is 1. The molecule has 6 nitrogen and oxygen atoms in total. The lowest BCUT2D eigenvalue weighted by Crippen LogP contribution is -2.31. The van der Waals surface area contributed by atoms with Crippen LogP contribution in [0.1, 0.15) is 0 Å². The van der Waals surface area contributed by atoms with E-state index in [2.05, 4.69) is 10.6 Å². The Balaban J connectivity index is 1.70. The van der Waals surface area contributed by atoms with E-state index < -0.39 is 0 Å². The maximum absolute atomic E-state index is 11.9. The van der Waals surface area contributed by atoms with Crippen LogP contribution in [0.15, 0.2) is 42.5 Å². The van der Waals surface area contributed by atoms with Gasteiger partial charge in [-0.25, -0.2) is 14.8 Å². The average molecular weight is 352 g/mol. The van der Waals surface area contributed by atoms with E-state index in [4.69, 9.17) is 14.7 Å². The van der Waals surface area contributed by atoms with E-state index in [1.807, 2.05) is 42.5 Å². The van der Waals surface area contributed by atoms with Gasteiger partial charge in [-0.1, -0.05) is 12.1 Å². The maximum Gasteiger partial charge on any atom is 0.319 e. The second kappa shape index (κ2) is 6.62. The van der Waals surface area contributed by atoms with Gasteiger partial charge in [0.05, 0.1) is 17.6 Å². The Hall–Kier alpha value is -2.77. The number of ether oxygens (including phenoxy) is 1. The lowest BCUT2D eigenvalue weighted by atomic mass is 10.2. The summed E-state index contributed by atoms with van der Waals surface area (Å²) in [5.74, 6) is 0. The first kappa shape index (κ1) is 15.7. The molecule has 2 heterocycles. The van der Waals surface area contributed by atoms with Gasteiger partial charge in [0.2, 0.25) is 0 Å². The van der Waals surface area contributed by atoms with Crippen molar-refractivity contribution in [3.05, 3.63) is 42.5 Å². The van der Waals surface area contributed by atoms with E-state index in [0.29, 0.717) is 13.2 Å². The van der Waals surface area contributed by atoms with Gasteiger partial charge in [-0.15, -0.1) is 11.3 Å². The van der Waals surface area contributed by atoms with Gasteiger partial charge in [-0.2, -0.15) is 0 Å². The summed E-state index contributed by atoms with van der Waals surface area (Å²) in [6, 6.07) is 13.4. The second-order valence-electron chi connectivity index (χ2n) is 5.55. The highest BCUT2D eigenvalue weighted by Gasteiger charge is 2.11. The van der Waals surface area contributed by atoms with E-state index in [1.54, 1.807) is 18.4 Å². The smallest absolute Gasteiger partial charge is 0.319 e. The van der Waals surface area contributed by atoms with Gasteiger partial charge in [-0.05, 0) is 30.3 Å². The number of nitrogens with zero attached hydrogens (tertiary/aromatic N) is 2. The number of carbonyl (C=O) groups excluding carboxylic acids is 1. The molecule has 4 aromatic rings. The zero-order valence-corrected chi connectivity index (χ0v) is 14.4. The molecule has 4 rings (SSSR count). The molecule has 0 bridgehead atoms. The molecule has 0 unspecified atom stereocenters. The van der Waals surface area contributed by atoms with Crippen LogP contribution in [0.4, 0.5) is 10.5 Å². The van der Waals surface area contributed by atoms with Crippen LogP contribution in [0.25, 0.3) is 31.5 Å². The first-order valence-corrected chi connectivity index (χ1v) is 8.69. The van der Waals surface area contributed by atoms with Crippen LogP contribution in [0.2, 0.25) is 0 Å². The zero-order valence-electron chi connectivity index (χ0n) is 13.6. The minimum absolute atomic E-state index is 0.257. The Kier molecular flexibility index (Phi) is 4.17. The van der Waals surface area contributed by atoms with Gasteiger partial charge < -0.3 is 15.4 Å². The molecule has 0 saturated carbocycles. The molecule has 2 N–H and O–H groups in total. The molecule has 0 aliphatic rings. The highest BCUT2D eigenvalue weighted by atomic mass is 32.1. The van der Waals surface area contributed by atoms with Crippen molar-refractivity contribution in [1.82, 2.24) is 15.3 Å². The number of thiophene rings is 1. The summed E-state index contributed by atoms with van der Waals surface area (Å²) >= 11 is 1.60. The monoisotopic (exact) mass is 352 g/mol. The van der Waals surface area contributed by atoms with Gasteiger partial charge >= 0.3 is 6.03 Å². The van der Waals surface area contributed by atoms with Crippen molar-refractivity contribution >= 4 is 54.5 Å². The van der Waals surface area contributed by atoms with E-state index in [1.165, 1.54) is 0 Å². The van der Waals surface area contributed by atoms with Crippen molar-refractivity contribution in [2.75, 3.05) is 25.6 Å². The maximum atomic E-state index is 11.9. The van der Waals surface area contributed by atoms with Crippen molar-refractivity contribution < 1.29 is 9.53 Å². The van der Waals surface area contributed by atoms with Crippen LogP contribution < -0.4 is 10.6 Å². The molecule has 0 atom stereocenters. The minimum atomic E-state index is -0.257. The summed E-state index contributed by atoms with van der Waals surface area (Å²) in [5.41, 5.74) is 3.34. The third-order valence-electron chi connectivity index (χ3n) is 3.83. The molecule has 25 heavy (non-hydrogen) atoms. The summed E-state index contributed by atoms with van der Waals surface area (Å²) in [4.78, 5) is 22.2. The number of hydrogen-bond acceptors (Lipinski definition) is 5. The van der Waals surface area contributed by atoms with Gasteiger partial charge in [0.15, 0.2) is 0 Å². The number of methoxy groups -OCH3 is 1.